The van der Waals surface area contributed by atoms with Crippen LogP contribution in [0.15, 0.2) is 72.9 Å². The molecule has 25 heteroatoms. The van der Waals surface area contributed by atoms with E-state index in [1.807, 2.05) is 0 Å². The maximum absolute atomic E-state index is 10.2. The van der Waals surface area contributed by atoms with Crippen LogP contribution in [0.25, 0.3) is 0 Å². The van der Waals surface area contributed by atoms with Gasteiger partial charge in [-0.1, -0.05) is 461 Å². The van der Waals surface area contributed by atoms with E-state index in [1.165, 1.54) is 462 Å². The minimum atomic E-state index is -2.65. The van der Waals surface area contributed by atoms with Gasteiger partial charge in [0.2, 0.25) is 0 Å². The van der Waals surface area contributed by atoms with Gasteiger partial charge >= 0.3 is 49.5 Å². The van der Waals surface area contributed by atoms with Crippen LogP contribution in [0, 0.1) is 0 Å². The fourth-order valence-electron chi connectivity index (χ4n) is 14.9. The summed E-state index contributed by atoms with van der Waals surface area (Å²) in [5.41, 5.74) is 0. The van der Waals surface area contributed by atoms with Gasteiger partial charge in [0.15, 0.2) is 0 Å². The Balaban J connectivity index is -0.000000286. The van der Waals surface area contributed by atoms with Crippen molar-refractivity contribution in [3.05, 3.63) is 72.9 Å². The summed E-state index contributed by atoms with van der Waals surface area (Å²) in [4.78, 5) is 61.0. The summed E-state index contributed by atoms with van der Waals surface area (Å²) in [6.45, 7) is 15.6. The van der Waals surface area contributed by atoms with E-state index in [-0.39, 0.29) is 21.1 Å². The van der Waals surface area contributed by atoms with Gasteiger partial charge in [0.05, 0.1) is 0 Å². The molecular formula is C108H210MoO18P6. The molecule has 0 amide bonds. The van der Waals surface area contributed by atoms with E-state index in [1.54, 1.807) is 0 Å². The zero-order valence-corrected chi connectivity index (χ0v) is 94.4. The summed E-state index contributed by atoms with van der Waals surface area (Å²) in [6, 6.07) is 0. The summed E-state index contributed by atoms with van der Waals surface area (Å²) in [5, 5.41) is 0. The molecule has 0 spiro atoms. The first-order chi connectivity index (χ1) is 64.6. The van der Waals surface area contributed by atoms with Crippen molar-refractivity contribution >= 4 is 49.5 Å². The Morgan fingerprint density at radius 2 is 0.211 bits per heavy atom. The molecule has 18 nitrogen and oxygen atoms in total. The van der Waals surface area contributed by atoms with Gasteiger partial charge in [-0.25, -0.2) is 0 Å². The summed E-state index contributed by atoms with van der Waals surface area (Å²) >= 11 is 0. The van der Waals surface area contributed by atoms with Crippen molar-refractivity contribution in [2.24, 2.45) is 0 Å². The van der Waals surface area contributed by atoms with E-state index in [9.17, 15) is 56.8 Å². The Labute approximate surface area is 842 Å². The molecule has 0 N–H and O–H groups in total. The SMILES string of the molecule is CCCCCCCC/C=C\CCCCCCCCO[P+](=O)[O-].CCCCCCCC/C=C\CCCCCCCCO[P+](=O)[O-].CCCCCCCC/C=C\CCCCCCCCO[P+](=O)[O-].CCCCCCCC/C=C\CCCCCCCCO[P+](=O)[O-].CCCCCCCC/C=C\CCCCCCCCO[P+](=O)[O-].CCCCCCCC/C=C\CCCCCCCCO[P+](=O)[O-].[Mo]. The van der Waals surface area contributed by atoms with Crippen molar-refractivity contribution in [3.8, 4) is 0 Å². The first-order valence-electron chi connectivity index (χ1n) is 55.2. The molecule has 786 valence electrons. The normalized spacial score (nSPS) is 12.1. The molecule has 0 aromatic carbocycles. The summed E-state index contributed by atoms with van der Waals surface area (Å²) in [5.74, 6) is 0. The van der Waals surface area contributed by atoms with E-state index in [2.05, 4.69) is 142 Å². The molecule has 6 unspecified atom stereocenters. The average Bonchev–Trinajstić information content (AvgIpc) is 1.10. The second kappa shape index (κ2) is 142. The van der Waals surface area contributed by atoms with Crippen molar-refractivity contribution in [3.63, 3.8) is 0 Å². The quantitative estimate of drug-likeness (QED) is 0.0236. The van der Waals surface area contributed by atoms with Crippen LogP contribution < -0.4 is 29.4 Å². The van der Waals surface area contributed by atoms with E-state index < -0.39 is 49.5 Å². The van der Waals surface area contributed by atoms with Crippen LogP contribution in [0.3, 0.4) is 0 Å². The van der Waals surface area contributed by atoms with Gasteiger partial charge in [0.25, 0.3) is 0 Å². The number of hydrogen-bond acceptors (Lipinski definition) is 18. The smallest absolute Gasteiger partial charge is 0.488 e. The van der Waals surface area contributed by atoms with Crippen LogP contribution in [0.4, 0.5) is 0 Å². The van der Waals surface area contributed by atoms with E-state index in [4.69, 9.17) is 0 Å². The maximum Gasteiger partial charge on any atom is 0.488 e. The molecule has 0 saturated carbocycles. The third-order valence-electron chi connectivity index (χ3n) is 23.1. The predicted octanol–water partition coefficient (Wildman–Crippen LogP) is 36.3. The Morgan fingerprint density at radius 3 is 0.293 bits per heavy atom. The molecule has 133 heavy (non-hydrogen) atoms. The van der Waals surface area contributed by atoms with E-state index in [0.29, 0.717) is 39.6 Å². The molecule has 0 aromatic rings. The summed E-state index contributed by atoms with van der Waals surface area (Å²) < 4.78 is 88.0. The molecule has 0 heterocycles. The van der Waals surface area contributed by atoms with Crippen molar-refractivity contribution < 1.29 is 105 Å². The molecular weight excluding hydrogens is 1870 g/mol. The monoisotopic (exact) mass is 2080 g/mol. The molecule has 0 radical (unpaired) electrons. The Kier molecular flexibility index (Phi) is 155. The first kappa shape index (κ1) is 145. The Morgan fingerprint density at radius 1 is 0.135 bits per heavy atom. The van der Waals surface area contributed by atoms with Crippen LogP contribution in [0.1, 0.15) is 581 Å². The van der Waals surface area contributed by atoms with Gasteiger partial charge in [-0.05, 0) is 220 Å². The van der Waals surface area contributed by atoms with Gasteiger partial charge in [0.1, 0.15) is 39.6 Å². The third kappa shape index (κ3) is 171. The second-order valence-corrected chi connectivity index (χ2v) is 40.2. The molecule has 0 aliphatic heterocycles. The van der Waals surface area contributed by atoms with Crippen LogP contribution in [-0.2, 0) is 75.6 Å². The molecule has 0 aliphatic carbocycles. The molecule has 0 fully saturated rings. The number of hydrogen-bond donors (Lipinski definition) is 0. The van der Waals surface area contributed by atoms with Crippen LogP contribution in [0.5, 0.6) is 0 Å². The van der Waals surface area contributed by atoms with Crippen molar-refractivity contribution in [1.29, 1.82) is 0 Å². The van der Waals surface area contributed by atoms with Gasteiger partial charge in [-0.2, -0.15) is 0 Å². The van der Waals surface area contributed by atoms with E-state index >= 15 is 0 Å². The van der Waals surface area contributed by atoms with E-state index in [0.717, 1.165) is 77.0 Å². The molecule has 0 rings (SSSR count). The largest absolute Gasteiger partial charge is 0.566 e. The Hall–Kier alpha value is -0.752. The maximum atomic E-state index is 10.2. The number of allylic oxidation sites excluding steroid dienone is 12. The van der Waals surface area contributed by atoms with Crippen LogP contribution in [0.2, 0.25) is 0 Å². The van der Waals surface area contributed by atoms with Crippen LogP contribution >= 0.6 is 49.5 Å². The Bertz CT molecular complexity index is 2030. The fraction of sp³-hybridized carbons (Fsp3) is 0.889. The van der Waals surface area contributed by atoms with Gasteiger partial charge in [-0.3, -0.25) is 0 Å². The molecule has 0 aliphatic rings. The minimum absolute atomic E-state index is 0. The summed E-state index contributed by atoms with van der Waals surface area (Å²) in [7, 11) is -15.9. The predicted molar refractivity (Wildman–Crippen MR) is 558 cm³/mol. The standard InChI is InChI=1S/6C18H35O3P.Mo/c6*1-2-3-4-5-6-7-8-9-10-11-12-13-14-15-16-17-18-21-22(19)20;/h6*9-10H,2-8,11-18H2,1H3;/b6*10-9-;. The molecule has 6 atom stereocenters. The van der Waals surface area contributed by atoms with Gasteiger partial charge in [0, 0.05) is 21.1 Å². The van der Waals surface area contributed by atoms with Crippen LogP contribution in [-0.4, -0.2) is 39.6 Å². The zero-order valence-electron chi connectivity index (χ0n) is 87.0. The minimum Gasteiger partial charge on any atom is -0.566 e. The topological polar surface area (TPSA) is 296 Å². The number of unbranched alkanes of at least 4 members (excludes halogenated alkanes) is 72. The second-order valence-electron chi connectivity index (χ2n) is 36.0. The van der Waals surface area contributed by atoms with Crippen molar-refractivity contribution in [2.45, 2.75) is 581 Å². The fourth-order valence-corrected chi connectivity index (χ4v) is 16.6. The van der Waals surface area contributed by atoms with Crippen molar-refractivity contribution in [2.75, 3.05) is 39.6 Å². The van der Waals surface area contributed by atoms with Gasteiger partial charge in [-0.15, -0.1) is 27.1 Å². The van der Waals surface area contributed by atoms with Crippen molar-refractivity contribution in [1.82, 2.24) is 0 Å². The average molecular weight is 2080 g/mol. The van der Waals surface area contributed by atoms with Gasteiger partial charge < -0.3 is 29.4 Å². The third-order valence-corrected chi connectivity index (χ3v) is 25.5. The summed E-state index contributed by atoms with van der Waals surface area (Å²) in [6.07, 6.45) is 134. The zero-order chi connectivity index (χ0) is 97.8. The molecule has 0 bridgehead atoms. The molecule has 0 saturated heterocycles. The molecule has 0 aromatic heterocycles. The first-order valence-corrected chi connectivity index (χ1v) is 61.7. The number of rotatable bonds is 102.